The highest BCUT2D eigenvalue weighted by molar-refractivity contribution is 5.80. The molecule has 0 spiro atoms. The van der Waals surface area contributed by atoms with E-state index in [2.05, 4.69) is 5.32 Å². The molecule has 0 bridgehead atoms. The van der Waals surface area contributed by atoms with Gasteiger partial charge in [-0.15, -0.1) is 0 Å². The van der Waals surface area contributed by atoms with E-state index < -0.39 is 5.54 Å². The van der Waals surface area contributed by atoms with Gasteiger partial charge in [-0.05, 0) is 31.9 Å². The molecular weight excluding hydrogens is 350 g/mol. The number of furan rings is 1. The predicted octanol–water partition coefficient (Wildman–Crippen LogP) is 1.55. The van der Waals surface area contributed by atoms with Crippen LogP contribution in [0.3, 0.4) is 0 Å². The summed E-state index contributed by atoms with van der Waals surface area (Å²) in [6.07, 6.45) is 4.01. The first-order chi connectivity index (χ1) is 13.0. The van der Waals surface area contributed by atoms with Gasteiger partial charge in [-0.25, -0.2) is 4.79 Å². The Balaban J connectivity index is 1.51. The smallest absolute Gasteiger partial charge is 0.409 e. The van der Waals surface area contributed by atoms with E-state index in [-0.39, 0.29) is 17.9 Å². The second kappa shape index (κ2) is 8.45. The van der Waals surface area contributed by atoms with Crippen LogP contribution in [0.4, 0.5) is 4.79 Å². The van der Waals surface area contributed by atoms with E-state index in [0.29, 0.717) is 64.9 Å². The summed E-state index contributed by atoms with van der Waals surface area (Å²) in [4.78, 5) is 39.6. The molecule has 2 saturated heterocycles. The molecule has 148 valence electrons. The van der Waals surface area contributed by atoms with Crippen LogP contribution in [0.5, 0.6) is 0 Å². The van der Waals surface area contributed by atoms with Crippen molar-refractivity contribution in [1.29, 1.82) is 0 Å². The number of nitrogens with zero attached hydrogens (tertiary/aromatic N) is 2. The number of carbonyl (C=O) groups is 3. The van der Waals surface area contributed by atoms with Gasteiger partial charge in [0.05, 0.1) is 12.9 Å². The van der Waals surface area contributed by atoms with Crippen molar-refractivity contribution in [3.63, 3.8) is 0 Å². The lowest BCUT2D eigenvalue weighted by Crippen LogP contribution is -2.51. The highest BCUT2D eigenvalue weighted by Gasteiger charge is 2.39. The number of nitrogens with one attached hydrogen (secondary N) is 1. The lowest BCUT2D eigenvalue weighted by molar-refractivity contribution is -0.133. The van der Waals surface area contributed by atoms with Crippen molar-refractivity contribution in [1.82, 2.24) is 15.1 Å². The third-order valence-corrected chi connectivity index (χ3v) is 5.30. The van der Waals surface area contributed by atoms with Gasteiger partial charge in [0.2, 0.25) is 11.8 Å². The molecule has 1 aromatic heterocycles. The van der Waals surface area contributed by atoms with Gasteiger partial charge in [0.1, 0.15) is 5.76 Å². The Kier molecular flexibility index (Phi) is 6.03. The second-order valence-corrected chi connectivity index (χ2v) is 7.15. The Morgan fingerprint density at radius 2 is 2.00 bits per heavy atom. The Morgan fingerprint density at radius 1 is 1.26 bits per heavy atom. The van der Waals surface area contributed by atoms with E-state index in [1.807, 2.05) is 12.1 Å². The van der Waals surface area contributed by atoms with Crippen molar-refractivity contribution in [3.8, 4) is 0 Å². The first-order valence-electron chi connectivity index (χ1n) is 9.54. The molecule has 0 radical (unpaired) electrons. The molecule has 0 saturated carbocycles. The molecule has 8 nitrogen and oxygen atoms in total. The largest absolute Gasteiger partial charge is 0.469 e. The fraction of sp³-hybridized carbons (Fsp3) is 0.632. The van der Waals surface area contributed by atoms with E-state index >= 15 is 0 Å². The van der Waals surface area contributed by atoms with E-state index in [0.717, 1.165) is 5.76 Å². The van der Waals surface area contributed by atoms with E-state index in [9.17, 15) is 14.4 Å². The van der Waals surface area contributed by atoms with Crippen LogP contribution in [-0.4, -0.2) is 66.0 Å². The standard InChI is InChI=1S/C19H27N3O5/c1-2-26-18(25)22-11-9-21(10-12-22)17(24)6-8-19(7-5-16(23)20-19)14-15-4-3-13-27-15/h3-4,13H,2,5-12,14H2,1H3,(H,20,23). The zero-order valence-corrected chi connectivity index (χ0v) is 15.7. The summed E-state index contributed by atoms with van der Waals surface area (Å²) in [7, 11) is 0. The molecule has 1 atom stereocenters. The molecule has 2 fully saturated rings. The molecule has 27 heavy (non-hydrogen) atoms. The topological polar surface area (TPSA) is 92.1 Å². The molecule has 2 aliphatic rings. The summed E-state index contributed by atoms with van der Waals surface area (Å²) < 4.78 is 10.4. The maximum atomic E-state index is 12.6. The number of carbonyl (C=O) groups excluding carboxylic acids is 3. The fourth-order valence-electron chi connectivity index (χ4n) is 3.79. The van der Waals surface area contributed by atoms with Crippen LogP contribution in [0, 0.1) is 0 Å². The van der Waals surface area contributed by atoms with E-state index in [4.69, 9.17) is 9.15 Å². The zero-order chi connectivity index (χ0) is 19.3. The van der Waals surface area contributed by atoms with Crippen LogP contribution in [-0.2, 0) is 20.7 Å². The van der Waals surface area contributed by atoms with Crippen molar-refractivity contribution < 1.29 is 23.5 Å². The van der Waals surface area contributed by atoms with Crippen molar-refractivity contribution in [3.05, 3.63) is 24.2 Å². The fourth-order valence-corrected chi connectivity index (χ4v) is 3.79. The van der Waals surface area contributed by atoms with Gasteiger partial charge in [-0.1, -0.05) is 0 Å². The van der Waals surface area contributed by atoms with Crippen molar-refractivity contribution in [2.45, 2.75) is 44.6 Å². The maximum absolute atomic E-state index is 12.6. The number of amides is 3. The summed E-state index contributed by atoms with van der Waals surface area (Å²) >= 11 is 0. The van der Waals surface area contributed by atoms with Gasteiger partial charge >= 0.3 is 6.09 Å². The monoisotopic (exact) mass is 377 g/mol. The van der Waals surface area contributed by atoms with Gasteiger partial charge in [0, 0.05) is 51.0 Å². The van der Waals surface area contributed by atoms with Gasteiger partial charge in [0.15, 0.2) is 0 Å². The number of piperazine rings is 1. The summed E-state index contributed by atoms with van der Waals surface area (Å²) in [5.41, 5.74) is -0.419. The van der Waals surface area contributed by atoms with Crippen LogP contribution in [0.15, 0.2) is 22.8 Å². The van der Waals surface area contributed by atoms with Crippen LogP contribution in [0.1, 0.15) is 38.4 Å². The lowest BCUT2D eigenvalue weighted by Gasteiger charge is -2.35. The number of ether oxygens (including phenoxy) is 1. The van der Waals surface area contributed by atoms with Crippen LogP contribution < -0.4 is 5.32 Å². The Labute approximate surface area is 158 Å². The minimum absolute atomic E-state index is 0.0251. The third-order valence-electron chi connectivity index (χ3n) is 5.30. The Bertz CT molecular complexity index is 667. The summed E-state index contributed by atoms with van der Waals surface area (Å²) in [5.74, 6) is 0.892. The number of hydrogen-bond donors (Lipinski definition) is 1. The number of hydrogen-bond acceptors (Lipinski definition) is 5. The Morgan fingerprint density at radius 3 is 2.59 bits per heavy atom. The summed E-state index contributed by atoms with van der Waals surface area (Å²) in [6, 6.07) is 3.72. The van der Waals surface area contributed by atoms with E-state index in [1.165, 1.54) is 0 Å². The Hall–Kier alpha value is -2.51. The third kappa shape index (κ3) is 4.81. The molecule has 2 aliphatic heterocycles. The average molecular weight is 377 g/mol. The number of rotatable bonds is 6. The van der Waals surface area contributed by atoms with Gasteiger partial charge in [0.25, 0.3) is 0 Å². The molecule has 3 heterocycles. The first-order valence-corrected chi connectivity index (χ1v) is 9.54. The normalized spacial score (nSPS) is 22.6. The van der Waals surface area contributed by atoms with Gasteiger partial charge in [-0.3, -0.25) is 9.59 Å². The van der Waals surface area contributed by atoms with Crippen LogP contribution >= 0.6 is 0 Å². The lowest BCUT2D eigenvalue weighted by atomic mass is 9.87. The zero-order valence-electron chi connectivity index (χ0n) is 15.7. The minimum atomic E-state index is -0.419. The van der Waals surface area contributed by atoms with Crippen molar-refractivity contribution in [2.75, 3.05) is 32.8 Å². The van der Waals surface area contributed by atoms with Gasteiger partial charge < -0.3 is 24.3 Å². The average Bonchev–Trinajstić information content (AvgIpc) is 3.30. The molecule has 0 aromatic carbocycles. The second-order valence-electron chi connectivity index (χ2n) is 7.15. The molecule has 3 rings (SSSR count). The quantitative estimate of drug-likeness (QED) is 0.812. The predicted molar refractivity (Wildman–Crippen MR) is 96.9 cm³/mol. The van der Waals surface area contributed by atoms with Gasteiger partial charge in [-0.2, -0.15) is 0 Å². The molecule has 1 aromatic rings. The SMILES string of the molecule is CCOC(=O)N1CCN(C(=O)CCC2(Cc3ccco3)CCC(=O)N2)CC1. The molecular formula is C19H27N3O5. The minimum Gasteiger partial charge on any atom is -0.469 e. The van der Waals surface area contributed by atoms with Crippen molar-refractivity contribution in [2.24, 2.45) is 0 Å². The molecule has 3 amide bonds. The maximum Gasteiger partial charge on any atom is 0.409 e. The van der Waals surface area contributed by atoms with Crippen LogP contribution in [0.2, 0.25) is 0 Å². The molecule has 0 aliphatic carbocycles. The molecule has 8 heteroatoms. The van der Waals surface area contributed by atoms with E-state index in [1.54, 1.807) is 23.0 Å². The molecule has 1 N–H and O–H groups in total. The van der Waals surface area contributed by atoms with Crippen molar-refractivity contribution >= 4 is 17.9 Å². The highest BCUT2D eigenvalue weighted by atomic mass is 16.6. The summed E-state index contributed by atoms with van der Waals surface area (Å²) in [6.45, 7) is 4.11. The molecule has 1 unspecified atom stereocenters. The highest BCUT2D eigenvalue weighted by Crippen LogP contribution is 2.30. The van der Waals surface area contributed by atoms with Crippen LogP contribution in [0.25, 0.3) is 0 Å². The summed E-state index contributed by atoms with van der Waals surface area (Å²) in [5, 5.41) is 3.06. The first kappa shape index (κ1) is 19.3.